The van der Waals surface area contributed by atoms with E-state index in [1.165, 1.54) is 30.6 Å². The summed E-state index contributed by atoms with van der Waals surface area (Å²) >= 11 is 0. The van der Waals surface area contributed by atoms with Crippen LogP contribution in [0.1, 0.15) is 31.4 Å². The molecule has 1 aromatic rings. The number of anilines is 1. The lowest BCUT2D eigenvalue weighted by molar-refractivity contribution is 0.288. The second-order valence-electron chi connectivity index (χ2n) is 6.96. The molecule has 1 atom stereocenters. The van der Waals surface area contributed by atoms with Crippen molar-refractivity contribution < 1.29 is 0 Å². The standard InChI is InChI=1S/C18H30N4/c1-13(2)11-22-8-7-16(12-22)10-20-18(19)21-17-6-5-14(3)15(4)9-17/h5-6,9,13,16H,7-8,10-12H2,1-4H3,(H3,19,20,21). The van der Waals surface area contributed by atoms with Gasteiger partial charge in [-0.1, -0.05) is 19.9 Å². The van der Waals surface area contributed by atoms with Gasteiger partial charge in [0.05, 0.1) is 0 Å². The molecule has 4 heteroatoms. The van der Waals surface area contributed by atoms with Gasteiger partial charge in [-0.15, -0.1) is 0 Å². The third-order valence-electron chi connectivity index (χ3n) is 4.29. The first-order valence-corrected chi connectivity index (χ1v) is 8.30. The number of hydrogen-bond donors (Lipinski definition) is 2. The topological polar surface area (TPSA) is 53.6 Å². The number of likely N-dealkylation sites (tertiary alicyclic amines) is 1. The third kappa shape index (κ3) is 5.02. The van der Waals surface area contributed by atoms with Gasteiger partial charge in [-0.25, -0.2) is 0 Å². The summed E-state index contributed by atoms with van der Waals surface area (Å²) < 4.78 is 0. The number of benzene rings is 1. The second kappa shape index (κ2) is 7.63. The zero-order valence-electron chi connectivity index (χ0n) is 14.4. The fourth-order valence-corrected chi connectivity index (χ4v) is 2.98. The number of hydrogen-bond acceptors (Lipinski definition) is 2. The van der Waals surface area contributed by atoms with E-state index in [0.29, 0.717) is 11.9 Å². The predicted octanol–water partition coefficient (Wildman–Crippen LogP) is 3.01. The molecular formula is C18H30N4. The highest BCUT2D eigenvalue weighted by molar-refractivity contribution is 5.92. The Bertz CT molecular complexity index is 522. The molecule has 122 valence electrons. The number of aryl methyl sites for hydroxylation is 2. The van der Waals surface area contributed by atoms with Crippen molar-refractivity contribution in [3.05, 3.63) is 29.3 Å². The highest BCUT2D eigenvalue weighted by atomic mass is 15.2. The van der Waals surface area contributed by atoms with Gasteiger partial charge in [0.25, 0.3) is 0 Å². The average molecular weight is 302 g/mol. The van der Waals surface area contributed by atoms with E-state index in [2.05, 4.69) is 55.0 Å². The molecule has 0 radical (unpaired) electrons. The lowest BCUT2D eigenvalue weighted by Crippen LogP contribution is -2.27. The Hall–Kier alpha value is -1.55. The van der Waals surface area contributed by atoms with Crippen LogP contribution in [0.2, 0.25) is 0 Å². The van der Waals surface area contributed by atoms with Crippen LogP contribution >= 0.6 is 0 Å². The summed E-state index contributed by atoms with van der Waals surface area (Å²) in [5.74, 6) is 1.89. The van der Waals surface area contributed by atoms with Crippen molar-refractivity contribution >= 4 is 11.6 Å². The molecule has 1 aromatic carbocycles. The number of nitrogens with one attached hydrogen (secondary N) is 1. The smallest absolute Gasteiger partial charge is 0.193 e. The minimum atomic E-state index is 0.519. The van der Waals surface area contributed by atoms with Crippen molar-refractivity contribution in [2.24, 2.45) is 22.6 Å². The van der Waals surface area contributed by atoms with Gasteiger partial charge >= 0.3 is 0 Å². The van der Waals surface area contributed by atoms with Crippen LogP contribution in [0.4, 0.5) is 5.69 Å². The van der Waals surface area contributed by atoms with E-state index in [4.69, 9.17) is 5.73 Å². The number of aliphatic imine (C=N–C) groups is 1. The summed E-state index contributed by atoms with van der Waals surface area (Å²) in [6, 6.07) is 6.26. The molecule has 1 unspecified atom stereocenters. The van der Waals surface area contributed by atoms with Crippen molar-refractivity contribution in [3.8, 4) is 0 Å². The summed E-state index contributed by atoms with van der Waals surface area (Å²) in [5, 5.41) is 3.19. The van der Waals surface area contributed by atoms with Crippen LogP contribution in [0.25, 0.3) is 0 Å². The molecule has 1 aliphatic heterocycles. The van der Waals surface area contributed by atoms with Crippen LogP contribution in [0.3, 0.4) is 0 Å². The van der Waals surface area contributed by atoms with Crippen LogP contribution < -0.4 is 11.1 Å². The lowest BCUT2D eigenvalue weighted by Gasteiger charge is -2.17. The summed E-state index contributed by atoms with van der Waals surface area (Å²) in [7, 11) is 0. The maximum Gasteiger partial charge on any atom is 0.193 e. The van der Waals surface area contributed by atoms with E-state index in [1.54, 1.807) is 0 Å². The monoisotopic (exact) mass is 302 g/mol. The zero-order chi connectivity index (χ0) is 16.1. The first kappa shape index (κ1) is 16.8. The highest BCUT2D eigenvalue weighted by Crippen LogP contribution is 2.18. The molecule has 0 aliphatic carbocycles. The van der Waals surface area contributed by atoms with Gasteiger partial charge in [0.2, 0.25) is 0 Å². The second-order valence-corrected chi connectivity index (χ2v) is 6.96. The normalized spacial score (nSPS) is 19.9. The molecule has 3 N–H and O–H groups in total. The average Bonchev–Trinajstić information content (AvgIpc) is 2.87. The molecule has 0 saturated carbocycles. The van der Waals surface area contributed by atoms with Gasteiger partial charge in [-0.05, 0) is 61.9 Å². The van der Waals surface area contributed by atoms with Crippen molar-refractivity contribution in [2.45, 2.75) is 34.1 Å². The maximum atomic E-state index is 6.01. The van der Waals surface area contributed by atoms with Gasteiger partial charge in [-0.3, -0.25) is 4.99 Å². The highest BCUT2D eigenvalue weighted by Gasteiger charge is 2.22. The maximum absolute atomic E-state index is 6.01. The van der Waals surface area contributed by atoms with E-state index in [0.717, 1.165) is 24.7 Å². The number of rotatable bonds is 5. The number of nitrogens with two attached hydrogens (primary N) is 1. The van der Waals surface area contributed by atoms with Crippen molar-refractivity contribution in [1.82, 2.24) is 4.90 Å². The first-order chi connectivity index (χ1) is 10.4. The molecular weight excluding hydrogens is 272 g/mol. The molecule has 0 bridgehead atoms. The van der Waals surface area contributed by atoms with Crippen LogP contribution in [0, 0.1) is 25.7 Å². The Kier molecular flexibility index (Phi) is 5.83. The third-order valence-corrected chi connectivity index (χ3v) is 4.29. The molecule has 1 saturated heterocycles. The first-order valence-electron chi connectivity index (χ1n) is 8.30. The molecule has 22 heavy (non-hydrogen) atoms. The molecule has 0 amide bonds. The van der Waals surface area contributed by atoms with E-state index < -0.39 is 0 Å². The molecule has 0 aromatic heterocycles. The van der Waals surface area contributed by atoms with Gasteiger partial charge in [0, 0.05) is 25.3 Å². The van der Waals surface area contributed by atoms with Gasteiger partial charge < -0.3 is 16.0 Å². The molecule has 0 spiro atoms. The minimum Gasteiger partial charge on any atom is -0.370 e. The summed E-state index contributed by atoms with van der Waals surface area (Å²) in [6.07, 6.45) is 1.23. The molecule has 1 heterocycles. The molecule has 4 nitrogen and oxygen atoms in total. The van der Waals surface area contributed by atoms with Gasteiger partial charge in [0.1, 0.15) is 0 Å². The largest absolute Gasteiger partial charge is 0.370 e. The predicted molar refractivity (Wildman–Crippen MR) is 95.4 cm³/mol. The van der Waals surface area contributed by atoms with Crippen LogP contribution in [0.15, 0.2) is 23.2 Å². The zero-order valence-corrected chi connectivity index (χ0v) is 14.4. The summed E-state index contributed by atoms with van der Waals surface area (Å²) in [6.45, 7) is 13.1. The van der Waals surface area contributed by atoms with E-state index in [1.807, 2.05) is 6.07 Å². The SMILES string of the molecule is Cc1ccc(NC(N)=NCC2CCN(CC(C)C)C2)cc1C. The van der Waals surface area contributed by atoms with Gasteiger partial charge in [-0.2, -0.15) is 0 Å². The summed E-state index contributed by atoms with van der Waals surface area (Å²) in [5.41, 5.74) is 9.58. The van der Waals surface area contributed by atoms with Gasteiger partial charge in [0.15, 0.2) is 5.96 Å². The van der Waals surface area contributed by atoms with E-state index >= 15 is 0 Å². The van der Waals surface area contributed by atoms with Crippen molar-refractivity contribution in [2.75, 3.05) is 31.5 Å². The summed E-state index contributed by atoms with van der Waals surface area (Å²) in [4.78, 5) is 7.06. The van der Waals surface area contributed by atoms with E-state index in [9.17, 15) is 0 Å². The van der Waals surface area contributed by atoms with Crippen molar-refractivity contribution in [3.63, 3.8) is 0 Å². The fraction of sp³-hybridized carbons (Fsp3) is 0.611. The molecule has 1 aliphatic rings. The van der Waals surface area contributed by atoms with Crippen LogP contribution in [-0.4, -0.2) is 37.0 Å². The van der Waals surface area contributed by atoms with Crippen LogP contribution in [-0.2, 0) is 0 Å². The Balaban J connectivity index is 1.81. The van der Waals surface area contributed by atoms with E-state index in [-0.39, 0.29) is 0 Å². The van der Waals surface area contributed by atoms with Crippen LogP contribution in [0.5, 0.6) is 0 Å². The Morgan fingerprint density at radius 3 is 2.82 bits per heavy atom. The Morgan fingerprint density at radius 2 is 2.14 bits per heavy atom. The molecule has 1 fully saturated rings. The number of nitrogens with zero attached hydrogens (tertiary/aromatic N) is 2. The Labute approximate surface area is 134 Å². The Morgan fingerprint density at radius 1 is 1.36 bits per heavy atom. The quantitative estimate of drug-likeness (QED) is 0.649. The minimum absolute atomic E-state index is 0.519. The lowest BCUT2D eigenvalue weighted by atomic mass is 10.1. The molecule has 2 rings (SSSR count). The number of guanidine groups is 1. The fourth-order valence-electron chi connectivity index (χ4n) is 2.98. The van der Waals surface area contributed by atoms with Crippen molar-refractivity contribution in [1.29, 1.82) is 0 Å².